The van der Waals surface area contributed by atoms with Crippen LogP contribution in [-0.2, 0) is 11.3 Å². The van der Waals surface area contributed by atoms with Gasteiger partial charge in [-0.05, 0) is 55.5 Å². The molecule has 0 radical (unpaired) electrons. The van der Waals surface area contributed by atoms with Crippen LogP contribution in [0.5, 0.6) is 0 Å². The van der Waals surface area contributed by atoms with Crippen molar-refractivity contribution >= 4 is 39.6 Å². The number of aliphatic hydroxyl groups excluding tert-OH is 1. The summed E-state index contributed by atoms with van der Waals surface area (Å²) in [5, 5.41) is 19.8. The van der Waals surface area contributed by atoms with E-state index in [2.05, 4.69) is 25.4 Å². The zero-order chi connectivity index (χ0) is 34.1. The zero-order valence-electron chi connectivity index (χ0n) is 26.6. The van der Waals surface area contributed by atoms with Gasteiger partial charge >= 0.3 is 0 Å². The van der Waals surface area contributed by atoms with Crippen LogP contribution < -0.4 is 10.2 Å². The number of nitrogens with one attached hydrogen (secondary N) is 1. The molecule has 4 aromatic heterocycles. The number of pyridine rings is 1. The second-order valence-corrected chi connectivity index (χ2v) is 13.3. The van der Waals surface area contributed by atoms with E-state index in [1.54, 1.807) is 21.9 Å². The third-order valence-electron chi connectivity index (χ3n) is 9.72. The van der Waals surface area contributed by atoms with Gasteiger partial charge in [-0.3, -0.25) is 4.79 Å². The Hall–Kier alpha value is -5.57. The number of amides is 1. The van der Waals surface area contributed by atoms with Gasteiger partial charge in [0.2, 0.25) is 5.91 Å². The van der Waals surface area contributed by atoms with Crippen molar-refractivity contribution in [2.45, 2.75) is 44.0 Å². The molecule has 1 amide bonds. The highest BCUT2D eigenvalue weighted by molar-refractivity contribution is 5.93. The fourth-order valence-corrected chi connectivity index (χ4v) is 7.30. The topological polar surface area (TPSA) is 130 Å². The predicted molar refractivity (Wildman–Crippen MR) is 178 cm³/mol. The number of aromatic nitrogens is 7. The molecule has 1 aliphatic carbocycles. The van der Waals surface area contributed by atoms with Crippen LogP contribution in [0.2, 0.25) is 0 Å². The van der Waals surface area contributed by atoms with Crippen molar-refractivity contribution < 1.29 is 23.1 Å². The number of hydrogen-bond acceptors (Lipinski definition) is 9. The summed E-state index contributed by atoms with van der Waals surface area (Å²) in [6.45, 7) is 1.06. The molecule has 1 saturated carbocycles. The normalized spacial score (nSPS) is 21.0. The first-order valence-electron chi connectivity index (χ1n) is 16.5. The first-order valence-corrected chi connectivity index (χ1v) is 16.5. The smallest absolute Gasteiger partial charge is 0.245 e. The van der Waals surface area contributed by atoms with Crippen molar-refractivity contribution in [3.05, 3.63) is 84.8 Å². The van der Waals surface area contributed by atoms with E-state index in [-0.39, 0.29) is 30.7 Å². The number of carbonyl (C=O) groups excluding carboxylic acids is 1. The number of carbonyl (C=O) groups is 1. The van der Waals surface area contributed by atoms with Gasteiger partial charge in [0.15, 0.2) is 11.5 Å². The van der Waals surface area contributed by atoms with E-state index >= 15 is 0 Å². The first-order chi connectivity index (χ1) is 24.3. The van der Waals surface area contributed by atoms with Crippen LogP contribution in [0.15, 0.2) is 67.4 Å². The minimum absolute atomic E-state index is 0.0215. The second kappa shape index (κ2) is 11.8. The summed E-state index contributed by atoms with van der Waals surface area (Å²) in [4.78, 5) is 36.5. The van der Waals surface area contributed by atoms with Crippen molar-refractivity contribution in [3.8, 4) is 16.9 Å². The van der Waals surface area contributed by atoms with Gasteiger partial charge in [-0.2, -0.15) is 5.10 Å². The van der Waals surface area contributed by atoms with Gasteiger partial charge in [-0.1, -0.05) is 6.07 Å². The Morgan fingerprint density at radius 2 is 1.84 bits per heavy atom. The molecule has 2 N–H and O–H groups in total. The Morgan fingerprint density at radius 1 is 0.960 bits per heavy atom. The number of benzene rings is 2. The summed E-state index contributed by atoms with van der Waals surface area (Å²) in [6, 6.07) is 10.5. The molecule has 3 aliphatic rings. The third-order valence-corrected chi connectivity index (χ3v) is 9.72. The Labute approximate surface area is 283 Å². The maximum absolute atomic E-state index is 14.8. The standard InChI is InChI=1S/C35H31F3N10O2/c36-20-6-7-29(26(38)9-20)48-34-25(12-42-48)33(39-17-40-34)47-14-22-11-30(47)35(50)45(13-19-4-5-19)15-23(49)16-46-18-41-28-10-21(37)8-24(32(28)46)27-2-1-3-31(43-22)44-27/h1-3,6-10,12,17-19,22-23,30,49H,4-5,11,13-16H2,(H,43,44)/t22-,23?,30-/m0/s1. The van der Waals surface area contributed by atoms with E-state index in [1.807, 2.05) is 17.0 Å². The summed E-state index contributed by atoms with van der Waals surface area (Å²) < 4.78 is 46.5. The van der Waals surface area contributed by atoms with Crippen LogP contribution in [-0.4, -0.2) is 88.0 Å². The number of nitrogens with zero attached hydrogens (tertiary/aromatic N) is 9. The van der Waals surface area contributed by atoms with Crippen LogP contribution >= 0.6 is 0 Å². The molecule has 254 valence electrons. The first kappa shape index (κ1) is 30.5. The lowest BCUT2D eigenvalue weighted by Gasteiger charge is -2.32. The minimum Gasteiger partial charge on any atom is -0.389 e. The van der Waals surface area contributed by atoms with Gasteiger partial charge in [0, 0.05) is 43.4 Å². The lowest BCUT2D eigenvalue weighted by Crippen LogP contribution is -2.49. The molecule has 15 heteroatoms. The molecule has 1 unspecified atom stereocenters. The number of fused-ring (bicyclic) bond motifs is 6. The van der Waals surface area contributed by atoms with Gasteiger partial charge in [0.25, 0.3) is 0 Å². The summed E-state index contributed by atoms with van der Waals surface area (Å²) in [5.74, 6) is -0.787. The molecule has 2 fully saturated rings. The van der Waals surface area contributed by atoms with E-state index < -0.39 is 29.6 Å². The average Bonchev–Trinajstić information content (AvgIpc) is 3.46. The average molecular weight is 681 g/mol. The highest BCUT2D eigenvalue weighted by Crippen LogP contribution is 2.36. The van der Waals surface area contributed by atoms with Crippen LogP contribution in [0.25, 0.3) is 39.0 Å². The van der Waals surface area contributed by atoms with E-state index in [1.165, 1.54) is 35.4 Å². The number of hydrogen-bond donors (Lipinski definition) is 2. The minimum atomic E-state index is -0.948. The van der Waals surface area contributed by atoms with Crippen molar-refractivity contribution in [3.63, 3.8) is 0 Å². The summed E-state index contributed by atoms with van der Waals surface area (Å²) >= 11 is 0. The maximum Gasteiger partial charge on any atom is 0.245 e. The fourth-order valence-electron chi connectivity index (χ4n) is 7.30. The van der Waals surface area contributed by atoms with E-state index in [9.17, 15) is 23.1 Å². The highest BCUT2D eigenvalue weighted by Gasteiger charge is 2.42. The Morgan fingerprint density at radius 3 is 2.68 bits per heavy atom. The number of aliphatic hydroxyl groups is 1. The highest BCUT2D eigenvalue weighted by atomic mass is 19.1. The van der Waals surface area contributed by atoms with Gasteiger partial charge < -0.3 is 24.8 Å². The zero-order valence-corrected chi connectivity index (χ0v) is 26.6. The Kier molecular flexibility index (Phi) is 7.19. The third kappa shape index (κ3) is 5.37. The SMILES string of the molecule is O=C1[C@@H]2C[C@@H](CN2c2ncnc3c2cnn3-c2ccc(F)cc2F)Nc2cccc(n2)-c2cc(F)cc3ncn(c23)CC(O)CN1CC1CC1. The van der Waals surface area contributed by atoms with Crippen LogP contribution in [0.1, 0.15) is 19.3 Å². The summed E-state index contributed by atoms with van der Waals surface area (Å²) in [6.07, 6.45) is 5.88. The monoisotopic (exact) mass is 680 g/mol. The van der Waals surface area contributed by atoms with Crippen molar-refractivity contribution in [2.24, 2.45) is 5.92 Å². The Balaban J connectivity index is 1.14. The van der Waals surface area contributed by atoms with Crippen LogP contribution in [0.3, 0.4) is 0 Å². The second-order valence-electron chi connectivity index (χ2n) is 13.3. The molecule has 9 rings (SSSR count). The van der Waals surface area contributed by atoms with Crippen LogP contribution in [0, 0.1) is 23.4 Å². The van der Waals surface area contributed by atoms with E-state index in [0.29, 0.717) is 70.4 Å². The molecule has 2 aliphatic heterocycles. The van der Waals surface area contributed by atoms with Crippen molar-refractivity contribution in [2.75, 3.05) is 29.9 Å². The van der Waals surface area contributed by atoms with Crippen molar-refractivity contribution in [1.82, 2.24) is 39.2 Å². The molecule has 6 heterocycles. The molecule has 6 aromatic rings. The van der Waals surface area contributed by atoms with Gasteiger partial charge in [-0.15, -0.1) is 0 Å². The molecular weight excluding hydrogens is 649 g/mol. The molecule has 2 aromatic carbocycles. The predicted octanol–water partition coefficient (Wildman–Crippen LogP) is 4.32. The molecule has 12 nitrogen and oxygen atoms in total. The number of β-amino-alcohol motifs (C(OH)–C–C–N with tert-alkyl or cyclic N) is 1. The quantitative estimate of drug-likeness (QED) is 0.280. The molecule has 1 saturated heterocycles. The van der Waals surface area contributed by atoms with Gasteiger partial charge in [-0.25, -0.2) is 37.8 Å². The molecule has 4 bridgehead atoms. The lowest BCUT2D eigenvalue weighted by molar-refractivity contribution is -0.134. The fraction of sp³-hybridized carbons (Fsp3) is 0.314. The summed E-state index contributed by atoms with van der Waals surface area (Å²) in [7, 11) is 0. The van der Waals surface area contributed by atoms with Gasteiger partial charge in [0.05, 0.1) is 47.3 Å². The summed E-state index contributed by atoms with van der Waals surface area (Å²) in [5.41, 5.74) is 2.47. The number of halogens is 3. The number of anilines is 2. The number of rotatable bonds is 4. The van der Waals surface area contributed by atoms with Crippen molar-refractivity contribution in [1.29, 1.82) is 0 Å². The largest absolute Gasteiger partial charge is 0.389 e. The maximum atomic E-state index is 14.8. The Bertz CT molecular complexity index is 2290. The van der Waals surface area contributed by atoms with E-state index in [4.69, 9.17) is 4.98 Å². The molecular formula is C35H31F3N10O2. The number of imidazole rings is 1. The van der Waals surface area contributed by atoms with E-state index in [0.717, 1.165) is 25.0 Å². The van der Waals surface area contributed by atoms with Gasteiger partial charge in [0.1, 0.15) is 41.3 Å². The van der Waals surface area contributed by atoms with Crippen LogP contribution in [0.4, 0.5) is 24.8 Å². The molecule has 50 heavy (non-hydrogen) atoms. The molecule has 3 atom stereocenters. The lowest BCUT2D eigenvalue weighted by atomic mass is 10.1. The molecule has 0 spiro atoms.